The Kier molecular flexibility index (Phi) is 6.18. The summed E-state index contributed by atoms with van der Waals surface area (Å²) in [5.74, 6) is 1.09. The minimum atomic E-state index is -0.0832. The Hall–Kier alpha value is -0.910. The van der Waals surface area contributed by atoms with E-state index in [9.17, 15) is 4.79 Å². The second-order valence-corrected chi connectivity index (χ2v) is 4.87. The quantitative estimate of drug-likeness (QED) is 0.617. The van der Waals surface area contributed by atoms with Crippen molar-refractivity contribution in [3.63, 3.8) is 0 Å². The Labute approximate surface area is 110 Å². The number of ether oxygens (including phenoxy) is 1. The topological polar surface area (TPSA) is 64.3 Å². The largest absolute Gasteiger partial charge is 0.397 e. The summed E-state index contributed by atoms with van der Waals surface area (Å²) < 4.78 is 4.89. The lowest BCUT2D eigenvalue weighted by atomic mass is 10.2. The molecule has 0 aliphatic heterocycles. The molecule has 0 spiro atoms. The molecule has 0 saturated carbocycles. The van der Waals surface area contributed by atoms with Gasteiger partial charge in [-0.2, -0.15) is 0 Å². The lowest BCUT2D eigenvalue weighted by molar-refractivity contribution is -0.113. The number of amides is 1. The lowest BCUT2D eigenvalue weighted by Crippen LogP contribution is -2.15. The number of carbonyl (C=O) groups excluding carboxylic acids is 1. The standard InChI is InChI=1S/C11H15ClN2O2S/c1-16-4-5-17-7-11(15)14-10-3-2-8(12)6-9(10)13/h2-3,6H,4-5,7,13H2,1H3,(H,14,15). The van der Waals surface area contributed by atoms with Crippen LogP contribution in [0.25, 0.3) is 0 Å². The molecule has 3 N–H and O–H groups in total. The highest BCUT2D eigenvalue weighted by molar-refractivity contribution is 7.99. The number of halogens is 1. The van der Waals surface area contributed by atoms with Gasteiger partial charge in [-0.15, -0.1) is 11.8 Å². The molecule has 4 nitrogen and oxygen atoms in total. The third-order valence-corrected chi connectivity index (χ3v) is 3.11. The van der Waals surface area contributed by atoms with Crippen LogP contribution in [0.15, 0.2) is 18.2 Å². The van der Waals surface area contributed by atoms with Crippen LogP contribution < -0.4 is 11.1 Å². The molecule has 1 rings (SSSR count). The van der Waals surface area contributed by atoms with Crippen molar-refractivity contribution in [2.45, 2.75) is 0 Å². The molecule has 0 radical (unpaired) electrons. The molecule has 94 valence electrons. The summed E-state index contributed by atoms with van der Waals surface area (Å²) in [5, 5.41) is 3.28. The van der Waals surface area contributed by atoms with Crippen LogP contribution in [-0.2, 0) is 9.53 Å². The molecular formula is C11H15ClN2O2S. The second-order valence-electron chi connectivity index (χ2n) is 3.33. The number of benzene rings is 1. The van der Waals surface area contributed by atoms with Crippen LogP contribution in [0.3, 0.4) is 0 Å². The Morgan fingerprint density at radius 1 is 1.59 bits per heavy atom. The summed E-state index contributed by atoms with van der Waals surface area (Å²) in [6.45, 7) is 0.640. The molecule has 1 aromatic rings. The predicted octanol–water partition coefficient (Wildman–Crippen LogP) is 2.24. The van der Waals surface area contributed by atoms with Gasteiger partial charge >= 0.3 is 0 Å². The fourth-order valence-electron chi connectivity index (χ4n) is 1.14. The number of hydrogen-bond donors (Lipinski definition) is 2. The van der Waals surface area contributed by atoms with E-state index in [-0.39, 0.29) is 5.91 Å². The number of carbonyl (C=O) groups is 1. The van der Waals surface area contributed by atoms with E-state index in [2.05, 4.69) is 5.32 Å². The maximum Gasteiger partial charge on any atom is 0.234 e. The van der Waals surface area contributed by atoms with Gasteiger partial charge in [0, 0.05) is 17.9 Å². The molecule has 0 aliphatic carbocycles. The summed E-state index contributed by atoms with van der Waals surface area (Å²) >= 11 is 7.27. The molecule has 17 heavy (non-hydrogen) atoms. The molecule has 0 fully saturated rings. The fraction of sp³-hybridized carbons (Fsp3) is 0.364. The highest BCUT2D eigenvalue weighted by atomic mass is 35.5. The zero-order valence-corrected chi connectivity index (χ0v) is 11.1. The Morgan fingerprint density at radius 2 is 2.35 bits per heavy atom. The van der Waals surface area contributed by atoms with E-state index >= 15 is 0 Å². The Morgan fingerprint density at radius 3 is 3.00 bits per heavy atom. The molecule has 0 heterocycles. The first-order chi connectivity index (χ1) is 8.13. The predicted molar refractivity (Wildman–Crippen MR) is 73.7 cm³/mol. The van der Waals surface area contributed by atoms with Crippen molar-refractivity contribution in [2.24, 2.45) is 0 Å². The fourth-order valence-corrected chi connectivity index (χ4v) is 2.01. The minimum Gasteiger partial charge on any atom is -0.397 e. The van der Waals surface area contributed by atoms with Gasteiger partial charge in [-0.1, -0.05) is 11.6 Å². The molecule has 0 unspecified atom stereocenters. The van der Waals surface area contributed by atoms with Crippen molar-refractivity contribution in [3.8, 4) is 0 Å². The second kappa shape index (κ2) is 7.42. The number of nitrogen functional groups attached to an aromatic ring is 1. The number of anilines is 2. The molecule has 0 saturated heterocycles. The third kappa shape index (κ3) is 5.30. The van der Waals surface area contributed by atoms with E-state index in [1.165, 1.54) is 11.8 Å². The highest BCUT2D eigenvalue weighted by Crippen LogP contribution is 2.22. The first-order valence-electron chi connectivity index (χ1n) is 5.05. The van der Waals surface area contributed by atoms with Crippen molar-refractivity contribution in [1.29, 1.82) is 0 Å². The Balaban J connectivity index is 2.40. The van der Waals surface area contributed by atoms with Crippen LogP contribution in [0.4, 0.5) is 11.4 Å². The van der Waals surface area contributed by atoms with Crippen LogP contribution in [0.1, 0.15) is 0 Å². The van der Waals surface area contributed by atoms with Gasteiger partial charge in [0.15, 0.2) is 0 Å². The first-order valence-corrected chi connectivity index (χ1v) is 6.58. The molecule has 0 atom stereocenters. The van der Waals surface area contributed by atoms with Gasteiger partial charge < -0.3 is 15.8 Å². The van der Waals surface area contributed by atoms with Crippen molar-refractivity contribution in [2.75, 3.05) is 36.3 Å². The van der Waals surface area contributed by atoms with Crippen LogP contribution in [0.5, 0.6) is 0 Å². The van der Waals surface area contributed by atoms with Crippen LogP contribution in [0.2, 0.25) is 5.02 Å². The number of nitrogens with one attached hydrogen (secondary N) is 1. The summed E-state index contributed by atoms with van der Waals surface area (Å²) in [6, 6.07) is 4.98. The number of hydrogen-bond acceptors (Lipinski definition) is 4. The monoisotopic (exact) mass is 274 g/mol. The van der Waals surface area contributed by atoms with Gasteiger partial charge in [0.25, 0.3) is 0 Å². The van der Waals surface area contributed by atoms with Gasteiger partial charge in [-0.25, -0.2) is 0 Å². The number of rotatable bonds is 6. The normalized spacial score (nSPS) is 10.2. The van der Waals surface area contributed by atoms with E-state index in [1.54, 1.807) is 25.3 Å². The van der Waals surface area contributed by atoms with Gasteiger partial charge in [-0.3, -0.25) is 4.79 Å². The molecule has 0 aliphatic rings. The minimum absolute atomic E-state index is 0.0832. The Bertz CT molecular complexity index is 388. The van der Waals surface area contributed by atoms with E-state index in [0.717, 1.165) is 5.75 Å². The maximum atomic E-state index is 11.6. The van der Waals surface area contributed by atoms with Crippen LogP contribution in [0, 0.1) is 0 Å². The van der Waals surface area contributed by atoms with Gasteiger partial charge in [0.05, 0.1) is 23.7 Å². The lowest BCUT2D eigenvalue weighted by Gasteiger charge is -2.08. The van der Waals surface area contributed by atoms with Crippen molar-refractivity contribution >= 4 is 40.6 Å². The zero-order chi connectivity index (χ0) is 12.7. The van der Waals surface area contributed by atoms with Gasteiger partial charge in [-0.05, 0) is 18.2 Å². The number of nitrogens with two attached hydrogens (primary N) is 1. The van der Waals surface area contributed by atoms with Crippen molar-refractivity contribution in [3.05, 3.63) is 23.2 Å². The summed E-state index contributed by atoms with van der Waals surface area (Å²) in [4.78, 5) is 11.6. The molecule has 1 amide bonds. The van der Waals surface area contributed by atoms with Crippen molar-refractivity contribution < 1.29 is 9.53 Å². The highest BCUT2D eigenvalue weighted by Gasteiger charge is 2.05. The van der Waals surface area contributed by atoms with Crippen molar-refractivity contribution in [1.82, 2.24) is 0 Å². The number of methoxy groups -OCH3 is 1. The van der Waals surface area contributed by atoms with Gasteiger partial charge in [0.1, 0.15) is 0 Å². The van der Waals surface area contributed by atoms with E-state index in [4.69, 9.17) is 22.1 Å². The number of thioether (sulfide) groups is 1. The molecule has 0 aromatic heterocycles. The van der Waals surface area contributed by atoms with E-state index in [0.29, 0.717) is 28.8 Å². The van der Waals surface area contributed by atoms with Crippen LogP contribution >= 0.6 is 23.4 Å². The summed E-state index contributed by atoms with van der Waals surface area (Å²) in [7, 11) is 1.63. The smallest absolute Gasteiger partial charge is 0.234 e. The van der Waals surface area contributed by atoms with Gasteiger partial charge in [0.2, 0.25) is 5.91 Å². The maximum absolute atomic E-state index is 11.6. The summed E-state index contributed by atoms with van der Waals surface area (Å²) in [5.41, 5.74) is 6.78. The average Bonchev–Trinajstić information content (AvgIpc) is 2.28. The first kappa shape index (κ1) is 14.2. The van der Waals surface area contributed by atoms with E-state index in [1.807, 2.05) is 0 Å². The molecule has 6 heteroatoms. The molecule has 0 bridgehead atoms. The average molecular weight is 275 g/mol. The zero-order valence-electron chi connectivity index (χ0n) is 9.53. The van der Waals surface area contributed by atoms with E-state index < -0.39 is 0 Å². The van der Waals surface area contributed by atoms with Crippen LogP contribution in [-0.4, -0.2) is 31.1 Å². The summed E-state index contributed by atoms with van der Waals surface area (Å²) in [6.07, 6.45) is 0. The molecule has 1 aromatic carbocycles. The SMILES string of the molecule is COCCSCC(=O)Nc1ccc(Cl)cc1N. The molecular weight excluding hydrogens is 260 g/mol. The third-order valence-electron chi connectivity index (χ3n) is 1.95.